The summed E-state index contributed by atoms with van der Waals surface area (Å²) in [7, 11) is -4.15. The van der Waals surface area contributed by atoms with Gasteiger partial charge in [-0.15, -0.1) is 0 Å². The molecule has 0 unspecified atom stereocenters. The van der Waals surface area contributed by atoms with Crippen molar-refractivity contribution in [2.45, 2.75) is 119 Å². The number of urea groups is 3. The fourth-order valence-electron chi connectivity index (χ4n) is 7.89. The van der Waals surface area contributed by atoms with Crippen LogP contribution >= 0.6 is 0 Å². The number of nitrogens with one attached hydrogen (secondary N) is 9. The first-order valence-corrected chi connectivity index (χ1v) is 28.9. The van der Waals surface area contributed by atoms with Crippen LogP contribution in [0.4, 0.5) is 37.1 Å². The third-order valence-electron chi connectivity index (χ3n) is 12.8. The Morgan fingerprint density at radius 1 is 0.605 bits per heavy atom. The third kappa shape index (κ3) is 24.5. The standard InChI is InChI=1S/C47H68N9O12S.C6H13.Al/c1-4-20-50-45(61)54-38-11-8-13-40(32-38)69(64,65)56-39-12-7-10-35(31-39)41(33-44(59)60)55-47(63)53-37-18-16-36(17-19-37)52-46(62)51-24-26-67-28-30-68-29-27-66-25-23-48-21-22-49-43(58)15-9-14-42(57)34(5-2)6-3;1-4-6(3)5-2;/h7-8,10-13,16-19,31-32,41,48,56H,4-6,9,14-15,20-30,33H2,1-3H3,(H,49,58)(H,59,60)(H2,50,54,61)(H2,51,52,62)(H2,53,55,63);4-5H2,1-3H3;/t41-;;/m1../s1. The van der Waals surface area contributed by atoms with Gasteiger partial charge in [-0.1, -0.05) is 89.7 Å². The van der Waals surface area contributed by atoms with E-state index in [4.69, 9.17) is 14.2 Å². The van der Waals surface area contributed by atoms with Crippen molar-refractivity contribution in [3.8, 4) is 0 Å². The van der Waals surface area contributed by atoms with Crippen molar-refractivity contribution in [1.29, 1.82) is 0 Å². The van der Waals surface area contributed by atoms with Gasteiger partial charge >= 0.3 is 24.1 Å². The molecule has 0 saturated carbocycles. The molecule has 0 heterocycles. The number of hydrogen-bond donors (Lipinski definition) is 10. The van der Waals surface area contributed by atoms with Crippen LogP contribution in [0.25, 0.3) is 0 Å². The number of carbonyl (C=O) groups excluding carboxylic acids is 5. The monoisotopic (exact) mass is 1090 g/mol. The molecule has 0 aliphatic heterocycles. The SMILES string of the molecule is CCCNC(=O)Nc1cccc(S(=O)(=O)Nc2cccc([C@@H](CC(=O)O)NC(=O)Nc3ccc(NC(=O)NCCOCCOCCOCCNCCNC(=O)CCCC(=O)[C](CC)(CC)[Al][C](C)(CC)CC)cc3)c2)c1. The van der Waals surface area contributed by atoms with E-state index in [0.29, 0.717) is 101 Å². The molecule has 3 aromatic rings. The molecule has 7 amide bonds. The van der Waals surface area contributed by atoms with E-state index in [0.717, 1.165) is 32.1 Å². The molecule has 0 aliphatic rings. The minimum absolute atomic E-state index is 0.0232. The molecule has 3 aromatic carbocycles. The maximum Gasteiger partial charge on any atom is 0.319 e. The topological polar surface area (TPSA) is 293 Å². The molecule has 21 nitrogen and oxygen atoms in total. The van der Waals surface area contributed by atoms with Crippen LogP contribution in [0.5, 0.6) is 0 Å². The Morgan fingerprint density at radius 3 is 1.78 bits per heavy atom. The van der Waals surface area contributed by atoms with Gasteiger partial charge in [0.25, 0.3) is 10.0 Å². The molecular weight excluding hydrogens is 1010 g/mol. The van der Waals surface area contributed by atoms with Gasteiger partial charge in [0.05, 0.1) is 57.0 Å². The second-order valence-corrected chi connectivity index (χ2v) is 22.9. The second-order valence-electron chi connectivity index (χ2n) is 18.4. The van der Waals surface area contributed by atoms with Gasteiger partial charge in [-0.2, -0.15) is 0 Å². The van der Waals surface area contributed by atoms with E-state index >= 15 is 0 Å². The zero-order valence-electron chi connectivity index (χ0n) is 45.1. The number of carboxylic acid groups (broad SMARTS) is 1. The minimum atomic E-state index is -4.15. The number of sulfonamides is 1. The largest absolute Gasteiger partial charge is 0.481 e. The van der Waals surface area contributed by atoms with Gasteiger partial charge in [-0.3, -0.25) is 14.3 Å². The maximum absolute atomic E-state index is 13.3. The molecule has 10 N–H and O–H groups in total. The van der Waals surface area contributed by atoms with Gasteiger partial charge in [-0.05, 0) is 77.3 Å². The van der Waals surface area contributed by atoms with E-state index in [1.807, 2.05) is 6.92 Å². The van der Waals surface area contributed by atoms with Crippen molar-refractivity contribution in [2.75, 3.05) is 93.0 Å². The van der Waals surface area contributed by atoms with Crippen molar-refractivity contribution in [1.82, 2.24) is 26.6 Å². The van der Waals surface area contributed by atoms with Crippen LogP contribution in [0.3, 0.4) is 0 Å². The van der Waals surface area contributed by atoms with Crippen LogP contribution in [0.15, 0.2) is 77.7 Å². The van der Waals surface area contributed by atoms with Crippen molar-refractivity contribution < 1.29 is 56.5 Å². The van der Waals surface area contributed by atoms with Gasteiger partial charge in [-0.25, -0.2) is 22.8 Å². The smallest absolute Gasteiger partial charge is 0.319 e. The molecule has 1 atom stereocenters. The Labute approximate surface area is 455 Å². The van der Waals surface area contributed by atoms with E-state index < -0.39 is 46.5 Å². The highest BCUT2D eigenvalue weighted by Crippen LogP contribution is 2.47. The predicted molar refractivity (Wildman–Crippen MR) is 297 cm³/mol. The number of amides is 7. The molecule has 76 heavy (non-hydrogen) atoms. The summed E-state index contributed by atoms with van der Waals surface area (Å²) < 4.78 is 45.7. The Kier molecular flexibility index (Phi) is 29.5. The number of carbonyl (C=O) groups is 6. The van der Waals surface area contributed by atoms with E-state index in [9.17, 15) is 42.3 Å². The Bertz CT molecular complexity index is 2390. The molecule has 0 aromatic heterocycles. The number of ether oxygens (including phenoxy) is 3. The van der Waals surface area contributed by atoms with E-state index in [1.165, 1.54) is 36.4 Å². The predicted octanol–water partition coefficient (Wildman–Crippen LogP) is 7.65. The highest BCUT2D eigenvalue weighted by molar-refractivity contribution is 7.92. The highest BCUT2D eigenvalue weighted by atomic mass is 32.2. The number of carboxylic acids is 1. The van der Waals surface area contributed by atoms with E-state index in [1.54, 1.807) is 36.4 Å². The molecule has 23 heteroatoms. The maximum atomic E-state index is 13.3. The summed E-state index contributed by atoms with van der Waals surface area (Å²) in [6, 6.07) is 15.1. The molecule has 3 rings (SSSR count). The number of rotatable bonds is 38. The summed E-state index contributed by atoms with van der Waals surface area (Å²) in [6.45, 7) is 17.6. The van der Waals surface area contributed by atoms with Crippen LogP contribution < -0.4 is 47.3 Å². The van der Waals surface area contributed by atoms with Crippen LogP contribution in [0, 0.1) is 0 Å². The summed E-state index contributed by atoms with van der Waals surface area (Å²) in [6.07, 6.45) is 5.50. The van der Waals surface area contributed by atoms with Crippen LogP contribution in [-0.2, 0) is 38.6 Å². The van der Waals surface area contributed by atoms with E-state index in [-0.39, 0.29) is 59.1 Å². The summed E-state index contributed by atoms with van der Waals surface area (Å²) in [4.78, 5) is 75.0. The number of anilines is 4. The lowest BCUT2D eigenvalue weighted by atomic mass is 9.92. The van der Waals surface area contributed by atoms with E-state index in [2.05, 4.69) is 81.9 Å². The van der Waals surface area contributed by atoms with Gasteiger partial charge in [0.2, 0.25) is 21.1 Å². The zero-order chi connectivity index (χ0) is 55.8. The van der Waals surface area contributed by atoms with Gasteiger partial charge in [0, 0.05) is 68.3 Å². The first kappa shape index (κ1) is 64.5. The number of ketones is 1. The Hall–Kier alpha value is -5.80. The first-order valence-electron chi connectivity index (χ1n) is 26.2. The Morgan fingerprint density at radius 2 is 1.17 bits per heavy atom. The third-order valence-corrected chi connectivity index (χ3v) is 17.3. The molecule has 0 spiro atoms. The number of benzene rings is 3. The van der Waals surface area contributed by atoms with Gasteiger partial charge < -0.3 is 66.6 Å². The summed E-state index contributed by atoms with van der Waals surface area (Å²) in [5.74, 6) is -0.920. The lowest BCUT2D eigenvalue weighted by Crippen LogP contribution is -2.36. The molecule has 0 bridgehead atoms. The second kappa shape index (κ2) is 34.8. The minimum Gasteiger partial charge on any atom is -0.481 e. The molecule has 0 aliphatic carbocycles. The lowest BCUT2D eigenvalue weighted by Gasteiger charge is -2.38. The Balaban J connectivity index is 1.24. The summed E-state index contributed by atoms with van der Waals surface area (Å²) in [5.41, 5.74) is 1.47. The van der Waals surface area contributed by atoms with Crippen LogP contribution in [0.2, 0.25) is 8.55 Å². The fraction of sp³-hybridized carbons (Fsp3) is 0.547. The molecule has 0 saturated heterocycles. The van der Waals surface area contributed by atoms with Crippen molar-refractivity contribution in [2.24, 2.45) is 0 Å². The number of aliphatic carboxylic acids is 1. The summed E-state index contributed by atoms with van der Waals surface area (Å²) in [5, 5.41) is 31.7. The molecule has 0 fully saturated rings. The quantitative estimate of drug-likeness (QED) is 0.0195. The van der Waals surface area contributed by atoms with Crippen LogP contribution in [0.1, 0.15) is 111 Å². The molecule has 1 radical (unpaired) electrons. The summed E-state index contributed by atoms with van der Waals surface area (Å²) >= 11 is -0.0232. The van der Waals surface area contributed by atoms with Crippen molar-refractivity contribution >= 4 is 83.7 Å². The van der Waals surface area contributed by atoms with Crippen molar-refractivity contribution in [3.05, 3.63) is 78.4 Å². The first-order chi connectivity index (χ1) is 36.4. The zero-order valence-corrected chi connectivity index (χ0v) is 47.0. The van der Waals surface area contributed by atoms with Gasteiger partial charge in [0.1, 0.15) is 5.78 Å². The molecule has 419 valence electrons. The van der Waals surface area contributed by atoms with Crippen LogP contribution in [-0.4, -0.2) is 137 Å². The normalized spacial score (nSPS) is 11.9. The lowest BCUT2D eigenvalue weighted by molar-refractivity contribution is -0.137. The number of hydrogen-bond acceptors (Lipinski definition) is 12. The van der Waals surface area contributed by atoms with Crippen molar-refractivity contribution in [3.63, 3.8) is 0 Å². The highest BCUT2D eigenvalue weighted by Gasteiger charge is 2.41. The molecular formula is C53H81AlN9O12S. The van der Waals surface area contributed by atoms with Gasteiger partial charge in [0.15, 0.2) is 0 Å². The average molecular weight is 1100 g/mol. The number of Topliss-reactive ketones (excluding diaryl/α,β-unsaturated/α-hetero) is 1. The fourth-order valence-corrected chi connectivity index (χ4v) is 11.4. The average Bonchev–Trinajstić information content (AvgIpc) is 3.39.